The smallest absolute Gasteiger partial charge is 0.381 e. The molecule has 0 radical (unpaired) electrons. The molecular formula is C13H16BrF3N2. The predicted octanol–water partition coefficient (Wildman–Crippen LogP) is 4.69. The number of halogens is 4. The van der Waals surface area contributed by atoms with Gasteiger partial charge in [0.05, 0.1) is 17.8 Å². The minimum Gasteiger partial charge on any atom is -0.381 e. The number of aromatic nitrogens is 1. The van der Waals surface area contributed by atoms with E-state index in [-0.39, 0.29) is 18.9 Å². The summed E-state index contributed by atoms with van der Waals surface area (Å²) in [4.78, 5) is 4.14. The van der Waals surface area contributed by atoms with Crippen molar-refractivity contribution in [2.45, 2.75) is 44.8 Å². The first-order valence-electron chi connectivity index (χ1n) is 6.31. The average molecular weight is 337 g/mol. The van der Waals surface area contributed by atoms with E-state index in [1.54, 1.807) is 6.20 Å². The zero-order valence-electron chi connectivity index (χ0n) is 10.6. The van der Waals surface area contributed by atoms with Crippen LogP contribution < -0.4 is 5.32 Å². The highest BCUT2D eigenvalue weighted by Crippen LogP contribution is 2.38. The van der Waals surface area contributed by atoms with Gasteiger partial charge in [-0.3, -0.25) is 0 Å². The van der Waals surface area contributed by atoms with E-state index in [9.17, 15) is 13.2 Å². The van der Waals surface area contributed by atoms with Crippen molar-refractivity contribution >= 4 is 21.6 Å². The fourth-order valence-electron chi connectivity index (χ4n) is 2.49. The first kappa shape index (κ1) is 14.6. The second-order valence-corrected chi connectivity index (χ2v) is 5.83. The third-order valence-electron chi connectivity index (χ3n) is 3.52. The third kappa shape index (κ3) is 3.84. The number of rotatable bonds is 2. The molecule has 2 rings (SSSR count). The van der Waals surface area contributed by atoms with Gasteiger partial charge in [0.15, 0.2) is 0 Å². The van der Waals surface area contributed by atoms with Crippen LogP contribution in [0.25, 0.3) is 0 Å². The summed E-state index contributed by atoms with van der Waals surface area (Å²) in [6.45, 7) is 1.90. The first-order chi connectivity index (χ1) is 8.86. The molecule has 1 aliphatic carbocycles. The molecule has 2 unspecified atom stereocenters. The van der Waals surface area contributed by atoms with Crippen LogP contribution in [0.15, 0.2) is 16.9 Å². The van der Waals surface area contributed by atoms with Gasteiger partial charge in [-0.05, 0) is 53.7 Å². The number of anilines is 1. The zero-order valence-corrected chi connectivity index (χ0v) is 12.2. The lowest BCUT2D eigenvalue weighted by Gasteiger charge is -2.31. The highest BCUT2D eigenvalue weighted by molar-refractivity contribution is 9.10. The van der Waals surface area contributed by atoms with E-state index in [2.05, 4.69) is 26.2 Å². The lowest BCUT2D eigenvalue weighted by molar-refractivity contribution is -0.182. The molecule has 2 atom stereocenters. The van der Waals surface area contributed by atoms with Crippen LogP contribution in [0.3, 0.4) is 0 Å². The third-order valence-corrected chi connectivity index (χ3v) is 4.35. The van der Waals surface area contributed by atoms with E-state index in [0.717, 1.165) is 22.3 Å². The lowest BCUT2D eigenvalue weighted by Crippen LogP contribution is -2.34. The molecule has 1 heterocycles. The molecule has 0 aliphatic heterocycles. The number of hydrogen-bond acceptors (Lipinski definition) is 2. The van der Waals surface area contributed by atoms with E-state index in [0.29, 0.717) is 6.42 Å². The lowest BCUT2D eigenvalue weighted by atomic mass is 9.85. The predicted molar refractivity (Wildman–Crippen MR) is 72.1 cm³/mol. The van der Waals surface area contributed by atoms with Crippen molar-refractivity contribution in [3.63, 3.8) is 0 Å². The van der Waals surface area contributed by atoms with Gasteiger partial charge in [-0.1, -0.05) is 6.42 Å². The van der Waals surface area contributed by atoms with E-state index in [1.807, 2.05) is 13.0 Å². The summed E-state index contributed by atoms with van der Waals surface area (Å²) in [7, 11) is 0. The summed E-state index contributed by atoms with van der Waals surface area (Å²) < 4.78 is 38.9. The Morgan fingerprint density at radius 3 is 2.74 bits per heavy atom. The van der Waals surface area contributed by atoms with Crippen LogP contribution in [0.1, 0.15) is 31.2 Å². The first-order valence-corrected chi connectivity index (χ1v) is 7.11. The molecule has 0 bridgehead atoms. The number of alkyl halides is 3. The van der Waals surface area contributed by atoms with Crippen molar-refractivity contribution in [1.82, 2.24) is 4.98 Å². The fourth-order valence-corrected chi connectivity index (χ4v) is 2.71. The van der Waals surface area contributed by atoms with E-state index in [1.165, 1.54) is 0 Å². The Balaban J connectivity index is 2.00. The number of hydrogen-bond donors (Lipinski definition) is 1. The van der Waals surface area contributed by atoms with Gasteiger partial charge < -0.3 is 5.32 Å². The minimum absolute atomic E-state index is 0.122. The fraction of sp³-hybridized carbons (Fsp3) is 0.615. The van der Waals surface area contributed by atoms with Crippen molar-refractivity contribution in [2.75, 3.05) is 5.32 Å². The van der Waals surface area contributed by atoms with Gasteiger partial charge in [-0.25, -0.2) is 4.98 Å². The van der Waals surface area contributed by atoms with E-state index >= 15 is 0 Å². The van der Waals surface area contributed by atoms with Crippen molar-refractivity contribution in [3.8, 4) is 0 Å². The molecule has 1 N–H and O–H groups in total. The van der Waals surface area contributed by atoms with Crippen LogP contribution in [-0.2, 0) is 0 Å². The van der Waals surface area contributed by atoms with Crippen molar-refractivity contribution in [2.24, 2.45) is 5.92 Å². The maximum absolute atomic E-state index is 12.7. The van der Waals surface area contributed by atoms with Crippen molar-refractivity contribution < 1.29 is 13.2 Å². The summed E-state index contributed by atoms with van der Waals surface area (Å²) in [5, 5.41) is 3.17. The molecule has 1 aromatic rings. The van der Waals surface area contributed by atoms with Gasteiger partial charge in [-0.2, -0.15) is 13.2 Å². The number of pyridine rings is 1. The minimum atomic E-state index is -4.08. The Labute approximate surface area is 118 Å². The molecule has 106 valence electrons. The van der Waals surface area contributed by atoms with Gasteiger partial charge in [0, 0.05) is 6.04 Å². The van der Waals surface area contributed by atoms with Gasteiger partial charge in [0.1, 0.15) is 4.60 Å². The SMILES string of the molecule is Cc1cc(NC2CCCC(C(F)(F)F)C2)cnc1Br. The van der Waals surface area contributed by atoms with Gasteiger partial charge in [-0.15, -0.1) is 0 Å². The molecule has 2 nitrogen and oxygen atoms in total. The summed E-state index contributed by atoms with van der Waals surface area (Å²) in [6.07, 6.45) is -0.632. The van der Waals surface area contributed by atoms with Crippen molar-refractivity contribution in [3.05, 3.63) is 22.4 Å². The summed E-state index contributed by atoms with van der Waals surface area (Å²) >= 11 is 3.30. The highest BCUT2D eigenvalue weighted by atomic mass is 79.9. The Kier molecular flexibility index (Phi) is 4.38. The number of nitrogens with zero attached hydrogens (tertiary/aromatic N) is 1. The molecule has 6 heteroatoms. The zero-order chi connectivity index (χ0) is 14.0. The van der Waals surface area contributed by atoms with Gasteiger partial charge >= 0.3 is 6.18 Å². The van der Waals surface area contributed by atoms with E-state index in [4.69, 9.17) is 0 Å². The van der Waals surface area contributed by atoms with Crippen LogP contribution in [0.5, 0.6) is 0 Å². The Morgan fingerprint density at radius 1 is 1.37 bits per heavy atom. The summed E-state index contributed by atoms with van der Waals surface area (Å²) in [5.74, 6) is -1.18. The normalized spacial score (nSPS) is 24.3. The quantitative estimate of drug-likeness (QED) is 0.793. The maximum Gasteiger partial charge on any atom is 0.391 e. The van der Waals surface area contributed by atoms with Crippen LogP contribution >= 0.6 is 15.9 Å². The van der Waals surface area contributed by atoms with Gasteiger partial charge in [0.25, 0.3) is 0 Å². The molecule has 0 aromatic carbocycles. The summed E-state index contributed by atoms with van der Waals surface area (Å²) in [5.41, 5.74) is 1.75. The number of aryl methyl sites for hydroxylation is 1. The van der Waals surface area contributed by atoms with Crippen LogP contribution in [0, 0.1) is 12.8 Å². The standard InChI is InChI=1S/C13H16BrF3N2/c1-8-5-11(7-18-12(8)14)19-10-4-2-3-9(6-10)13(15,16)17/h5,7,9-10,19H,2-4,6H2,1H3. The largest absolute Gasteiger partial charge is 0.391 e. The Bertz CT molecular complexity index is 448. The molecule has 0 saturated heterocycles. The molecule has 1 aliphatic rings. The van der Waals surface area contributed by atoms with E-state index < -0.39 is 12.1 Å². The molecule has 1 aromatic heterocycles. The van der Waals surface area contributed by atoms with Crippen molar-refractivity contribution in [1.29, 1.82) is 0 Å². The molecule has 1 saturated carbocycles. The molecule has 0 spiro atoms. The van der Waals surface area contributed by atoms with Crippen LogP contribution in [0.2, 0.25) is 0 Å². The van der Waals surface area contributed by atoms with Crippen LogP contribution in [0.4, 0.5) is 18.9 Å². The average Bonchev–Trinajstić information content (AvgIpc) is 2.33. The van der Waals surface area contributed by atoms with Gasteiger partial charge in [0.2, 0.25) is 0 Å². The monoisotopic (exact) mass is 336 g/mol. The topological polar surface area (TPSA) is 24.9 Å². The molecule has 0 amide bonds. The molecule has 19 heavy (non-hydrogen) atoms. The summed E-state index contributed by atoms with van der Waals surface area (Å²) in [6, 6.07) is 1.77. The second-order valence-electron chi connectivity index (χ2n) is 5.08. The maximum atomic E-state index is 12.7. The Morgan fingerprint density at radius 2 is 2.11 bits per heavy atom. The molecular weight excluding hydrogens is 321 g/mol. The molecule has 1 fully saturated rings. The van der Waals surface area contributed by atoms with Crippen LogP contribution in [-0.4, -0.2) is 17.2 Å². The number of nitrogens with one attached hydrogen (secondary N) is 1. The Hall–Kier alpha value is -0.780. The second kappa shape index (κ2) is 5.69. The highest BCUT2D eigenvalue weighted by Gasteiger charge is 2.42.